The number of piperidine rings is 1. The van der Waals surface area contributed by atoms with Crippen LogP contribution in [0.4, 0.5) is 0 Å². The van der Waals surface area contributed by atoms with Crippen molar-refractivity contribution in [1.82, 2.24) is 25.2 Å². The number of nitrogens with two attached hydrogens (primary N) is 1. The highest BCUT2D eigenvalue weighted by Gasteiger charge is 2.23. The van der Waals surface area contributed by atoms with Gasteiger partial charge in [-0.15, -0.1) is 17.5 Å². The summed E-state index contributed by atoms with van der Waals surface area (Å²) < 4.78 is 1.80. The molecule has 1 unspecified atom stereocenters. The van der Waals surface area contributed by atoms with Crippen molar-refractivity contribution in [2.24, 2.45) is 5.73 Å². The van der Waals surface area contributed by atoms with E-state index in [9.17, 15) is 4.79 Å². The van der Waals surface area contributed by atoms with Gasteiger partial charge in [0.25, 0.3) is 0 Å². The fraction of sp³-hybridized carbons (Fsp3) is 0.500. The fourth-order valence-electron chi connectivity index (χ4n) is 3.24. The number of carbonyl (C=O) groups excluding carboxylic acids is 1. The summed E-state index contributed by atoms with van der Waals surface area (Å²) in [5.74, 6) is 0.0306. The fourth-order valence-corrected chi connectivity index (χ4v) is 3.24. The van der Waals surface area contributed by atoms with Gasteiger partial charge in [-0.3, -0.25) is 9.69 Å². The molecule has 1 atom stereocenters. The Balaban J connectivity index is 0.00000243. The van der Waals surface area contributed by atoms with Gasteiger partial charge in [0.15, 0.2) is 0 Å². The number of carbonyl (C=O) groups is 1. The van der Waals surface area contributed by atoms with Crippen molar-refractivity contribution in [3.05, 3.63) is 42.2 Å². The number of rotatable bonds is 7. The summed E-state index contributed by atoms with van der Waals surface area (Å²) in [4.78, 5) is 14.1. The summed E-state index contributed by atoms with van der Waals surface area (Å²) in [6.07, 6.45) is 5.84. The Morgan fingerprint density at radius 3 is 2.85 bits per heavy atom. The third-order valence-corrected chi connectivity index (χ3v) is 4.58. The molecule has 3 rings (SSSR count). The predicted molar refractivity (Wildman–Crippen MR) is 103 cm³/mol. The second kappa shape index (κ2) is 10.3. The Hall–Kier alpha value is -1.96. The normalized spacial score (nSPS) is 17.5. The van der Waals surface area contributed by atoms with E-state index in [1.807, 2.05) is 36.5 Å². The van der Waals surface area contributed by atoms with Crippen LogP contribution in [0.5, 0.6) is 0 Å². The Bertz CT molecular complexity index is 677. The molecule has 1 aliphatic heterocycles. The van der Waals surface area contributed by atoms with Crippen LogP contribution in [0.25, 0.3) is 5.69 Å². The highest BCUT2D eigenvalue weighted by atomic mass is 35.5. The Labute approximate surface area is 160 Å². The van der Waals surface area contributed by atoms with Crippen molar-refractivity contribution in [2.75, 3.05) is 19.6 Å². The summed E-state index contributed by atoms with van der Waals surface area (Å²) in [7, 11) is 0. The molecule has 2 aromatic rings. The summed E-state index contributed by atoms with van der Waals surface area (Å²) in [5, 5.41) is 11.5. The van der Waals surface area contributed by atoms with E-state index in [1.165, 1.54) is 12.8 Å². The smallest absolute Gasteiger partial charge is 0.221 e. The van der Waals surface area contributed by atoms with Gasteiger partial charge in [0, 0.05) is 32.1 Å². The molecule has 26 heavy (non-hydrogen) atoms. The van der Waals surface area contributed by atoms with Crippen LogP contribution in [-0.2, 0) is 11.3 Å². The first-order valence-electron chi connectivity index (χ1n) is 8.93. The minimum Gasteiger partial charge on any atom is -0.354 e. The van der Waals surface area contributed by atoms with E-state index in [0.717, 1.165) is 30.9 Å². The summed E-state index contributed by atoms with van der Waals surface area (Å²) >= 11 is 0. The minimum absolute atomic E-state index is 0. The van der Waals surface area contributed by atoms with Crippen molar-refractivity contribution in [1.29, 1.82) is 0 Å². The number of amides is 1. The van der Waals surface area contributed by atoms with Crippen LogP contribution in [0.15, 0.2) is 36.5 Å². The molecule has 1 amide bonds. The lowest BCUT2D eigenvalue weighted by Gasteiger charge is -2.35. The zero-order valence-electron chi connectivity index (χ0n) is 14.9. The van der Waals surface area contributed by atoms with Crippen molar-refractivity contribution < 1.29 is 4.79 Å². The molecule has 142 valence electrons. The third kappa shape index (κ3) is 5.52. The average Bonchev–Trinajstić information content (AvgIpc) is 3.11. The molecule has 1 aliphatic rings. The molecule has 3 N–H and O–H groups in total. The minimum atomic E-state index is 0. The second-order valence-corrected chi connectivity index (χ2v) is 6.45. The van der Waals surface area contributed by atoms with Gasteiger partial charge in [0.05, 0.1) is 17.6 Å². The number of hydrogen-bond donors (Lipinski definition) is 2. The highest BCUT2D eigenvalue weighted by Crippen LogP contribution is 2.19. The molecular formula is C18H27ClN6O. The summed E-state index contributed by atoms with van der Waals surface area (Å²) in [6, 6.07) is 10.3. The quantitative estimate of drug-likeness (QED) is 0.762. The maximum Gasteiger partial charge on any atom is 0.221 e. The van der Waals surface area contributed by atoms with Crippen LogP contribution in [0.1, 0.15) is 31.4 Å². The second-order valence-electron chi connectivity index (χ2n) is 6.45. The Morgan fingerprint density at radius 2 is 2.08 bits per heavy atom. The zero-order valence-corrected chi connectivity index (χ0v) is 15.7. The number of benzene rings is 1. The molecule has 1 saturated heterocycles. The number of nitrogens with one attached hydrogen (secondary N) is 1. The maximum absolute atomic E-state index is 11.7. The molecular weight excluding hydrogens is 352 g/mol. The van der Waals surface area contributed by atoms with Gasteiger partial charge < -0.3 is 11.1 Å². The zero-order chi connectivity index (χ0) is 17.5. The van der Waals surface area contributed by atoms with Crippen LogP contribution in [0.3, 0.4) is 0 Å². The standard InChI is InChI=1S/C18H26N6O.ClH/c19-10-9-18(25)20-12-17-8-4-5-11-23(17)13-15-14-24(22-21-15)16-6-2-1-3-7-16;/h1-3,6-7,14,17H,4-5,8-13,19H2,(H,20,25);1H. The highest BCUT2D eigenvalue weighted by molar-refractivity contribution is 5.85. The van der Waals surface area contributed by atoms with Crippen molar-refractivity contribution >= 4 is 18.3 Å². The molecule has 0 aliphatic carbocycles. The summed E-state index contributed by atoms with van der Waals surface area (Å²) in [5.41, 5.74) is 7.38. The number of likely N-dealkylation sites (tertiary alicyclic amines) is 1. The largest absolute Gasteiger partial charge is 0.354 e. The van der Waals surface area contributed by atoms with Crippen molar-refractivity contribution in [3.8, 4) is 5.69 Å². The van der Waals surface area contributed by atoms with E-state index in [-0.39, 0.29) is 18.3 Å². The number of nitrogens with zero attached hydrogens (tertiary/aromatic N) is 4. The van der Waals surface area contributed by atoms with E-state index in [2.05, 4.69) is 20.5 Å². The lowest BCUT2D eigenvalue weighted by molar-refractivity contribution is -0.121. The van der Waals surface area contributed by atoms with Crippen molar-refractivity contribution in [2.45, 2.75) is 38.3 Å². The van der Waals surface area contributed by atoms with Gasteiger partial charge in [0.1, 0.15) is 0 Å². The lowest BCUT2D eigenvalue weighted by atomic mass is 10.0. The molecule has 1 aromatic heterocycles. The van der Waals surface area contributed by atoms with E-state index in [1.54, 1.807) is 4.68 Å². The maximum atomic E-state index is 11.7. The Morgan fingerprint density at radius 1 is 1.27 bits per heavy atom. The first-order valence-corrected chi connectivity index (χ1v) is 8.93. The molecule has 0 spiro atoms. The monoisotopic (exact) mass is 378 g/mol. The SMILES string of the molecule is Cl.NCCC(=O)NCC1CCCCN1Cc1cn(-c2ccccc2)nn1. The number of para-hydroxylation sites is 1. The van der Waals surface area contributed by atoms with Gasteiger partial charge in [-0.2, -0.15) is 0 Å². The first-order chi connectivity index (χ1) is 12.3. The van der Waals surface area contributed by atoms with E-state index in [0.29, 0.717) is 25.6 Å². The van der Waals surface area contributed by atoms with E-state index >= 15 is 0 Å². The topological polar surface area (TPSA) is 89.1 Å². The molecule has 0 bridgehead atoms. The molecule has 0 saturated carbocycles. The van der Waals surface area contributed by atoms with Gasteiger partial charge in [0.2, 0.25) is 5.91 Å². The van der Waals surface area contributed by atoms with Crippen LogP contribution < -0.4 is 11.1 Å². The molecule has 7 nitrogen and oxygen atoms in total. The van der Waals surface area contributed by atoms with Gasteiger partial charge >= 0.3 is 0 Å². The molecule has 1 aromatic carbocycles. The number of hydrogen-bond acceptors (Lipinski definition) is 5. The summed E-state index contributed by atoms with van der Waals surface area (Å²) in [6.45, 7) is 2.84. The lowest BCUT2D eigenvalue weighted by Crippen LogP contribution is -2.46. The predicted octanol–water partition coefficient (Wildman–Crippen LogP) is 1.51. The number of aromatic nitrogens is 3. The third-order valence-electron chi connectivity index (χ3n) is 4.58. The van der Waals surface area contributed by atoms with Crippen LogP contribution >= 0.6 is 12.4 Å². The van der Waals surface area contributed by atoms with Crippen LogP contribution in [0.2, 0.25) is 0 Å². The van der Waals surface area contributed by atoms with E-state index in [4.69, 9.17) is 5.73 Å². The molecule has 1 fully saturated rings. The van der Waals surface area contributed by atoms with Gasteiger partial charge in [-0.05, 0) is 31.5 Å². The Kier molecular flexibility index (Phi) is 8.03. The first kappa shape index (κ1) is 20.4. The molecule has 0 radical (unpaired) electrons. The van der Waals surface area contributed by atoms with Crippen LogP contribution in [0, 0.1) is 0 Å². The van der Waals surface area contributed by atoms with Gasteiger partial charge in [-0.1, -0.05) is 29.8 Å². The molecule has 2 heterocycles. The average molecular weight is 379 g/mol. The molecule has 8 heteroatoms. The van der Waals surface area contributed by atoms with E-state index < -0.39 is 0 Å². The van der Waals surface area contributed by atoms with Crippen LogP contribution in [-0.4, -0.2) is 51.5 Å². The van der Waals surface area contributed by atoms with Gasteiger partial charge in [-0.25, -0.2) is 4.68 Å². The van der Waals surface area contributed by atoms with Crippen molar-refractivity contribution in [3.63, 3.8) is 0 Å². The number of halogens is 1.